The number of rotatable bonds is 1. The van der Waals surface area contributed by atoms with Gasteiger partial charge < -0.3 is 4.74 Å². The maximum Gasteiger partial charge on any atom is 0.112 e. The second kappa shape index (κ2) is 3.08. The van der Waals surface area contributed by atoms with E-state index in [2.05, 4.69) is 47.6 Å². The van der Waals surface area contributed by atoms with Gasteiger partial charge in [0.1, 0.15) is 6.10 Å². The average Bonchev–Trinajstić information content (AvgIpc) is 2.72. The molecular formula is C14H20O. The first kappa shape index (κ1) is 10.7. The van der Waals surface area contributed by atoms with Crippen LogP contribution in [0.5, 0.6) is 0 Å². The summed E-state index contributed by atoms with van der Waals surface area (Å²) in [7, 11) is 0. The predicted molar refractivity (Wildman–Crippen MR) is 63.3 cm³/mol. The van der Waals surface area contributed by atoms with Crippen molar-refractivity contribution in [1.82, 2.24) is 0 Å². The molecule has 0 spiro atoms. The molecule has 0 bridgehead atoms. The highest BCUT2D eigenvalue weighted by atomic mass is 16.6. The molecule has 1 atom stereocenters. The van der Waals surface area contributed by atoms with Crippen LogP contribution in [0.2, 0.25) is 0 Å². The molecule has 1 heterocycles. The molecule has 1 aliphatic heterocycles. The fourth-order valence-electron chi connectivity index (χ4n) is 2.32. The SMILES string of the molecule is Cc1cc(C)c(C)c(C2OC2(C)C)c1C. The normalized spacial score (nSPS) is 22.9. The Balaban J connectivity index is 2.56. The number of benzene rings is 1. The molecule has 0 aromatic heterocycles. The van der Waals surface area contributed by atoms with Crippen LogP contribution in [0.15, 0.2) is 6.07 Å². The van der Waals surface area contributed by atoms with Gasteiger partial charge in [-0.25, -0.2) is 0 Å². The van der Waals surface area contributed by atoms with Crippen LogP contribution >= 0.6 is 0 Å². The number of hydrogen-bond acceptors (Lipinski definition) is 1. The lowest BCUT2D eigenvalue weighted by atomic mass is 9.89. The lowest BCUT2D eigenvalue weighted by Crippen LogP contribution is -2.04. The third-order valence-electron chi connectivity index (χ3n) is 3.68. The highest BCUT2D eigenvalue weighted by Gasteiger charge is 2.50. The molecule has 0 amide bonds. The van der Waals surface area contributed by atoms with Gasteiger partial charge in [0.2, 0.25) is 0 Å². The zero-order valence-corrected chi connectivity index (χ0v) is 10.6. The predicted octanol–water partition coefficient (Wildman–Crippen LogP) is 3.77. The van der Waals surface area contributed by atoms with Gasteiger partial charge in [0.05, 0.1) is 5.60 Å². The molecule has 1 heteroatoms. The minimum atomic E-state index is 0.0375. The first-order valence-electron chi connectivity index (χ1n) is 5.59. The fraction of sp³-hybridized carbons (Fsp3) is 0.571. The number of epoxide rings is 1. The molecule has 1 aliphatic rings. The Kier molecular flexibility index (Phi) is 2.20. The zero-order chi connectivity index (χ0) is 11.4. The van der Waals surface area contributed by atoms with E-state index >= 15 is 0 Å². The van der Waals surface area contributed by atoms with Gasteiger partial charge in [-0.05, 0) is 69.4 Å². The molecule has 1 saturated heterocycles. The van der Waals surface area contributed by atoms with E-state index < -0.39 is 0 Å². The summed E-state index contributed by atoms with van der Waals surface area (Å²) in [5.74, 6) is 0. The summed E-state index contributed by atoms with van der Waals surface area (Å²) in [6.45, 7) is 13.1. The van der Waals surface area contributed by atoms with E-state index in [0.717, 1.165) is 0 Å². The minimum absolute atomic E-state index is 0.0375. The molecule has 1 aromatic carbocycles. The Labute approximate surface area is 92.5 Å². The summed E-state index contributed by atoms with van der Waals surface area (Å²) in [6, 6.07) is 2.27. The molecule has 82 valence electrons. The van der Waals surface area contributed by atoms with E-state index in [1.165, 1.54) is 27.8 Å². The minimum Gasteiger partial charge on any atom is -0.362 e. The largest absolute Gasteiger partial charge is 0.362 e. The van der Waals surface area contributed by atoms with Crippen LogP contribution in [0.1, 0.15) is 47.8 Å². The van der Waals surface area contributed by atoms with Crippen molar-refractivity contribution in [3.63, 3.8) is 0 Å². The van der Waals surface area contributed by atoms with E-state index in [9.17, 15) is 0 Å². The number of aryl methyl sites for hydroxylation is 2. The molecule has 1 nitrogen and oxygen atoms in total. The van der Waals surface area contributed by atoms with Crippen molar-refractivity contribution in [2.24, 2.45) is 0 Å². The number of ether oxygens (including phenoxy) is 1. The van der Waals surface area contributed by atoms with E-state index in [1.54, 1.807) is 0 Å². The number of hydrogen-bond donors (Lipinski definition) is 0. The lowest BCUT2D eigenvalue weighted by molar-refractivity contribution is 0.325. The van der Waals surface area contributed by atoms with Crippen LogP contribution in [-0.4, -0.2) is 5.60 Å². The molecule has 0 saturated carbocycles. The molecule has 1 fully saturated rings. The summed E-state index contributed by atoms with van der Waals surface area (Å²) >= 11 is 0. The maximum atomic E-state index is 5.76. The third-order valence-corrected chi connectivity index (χ3v) is 3.68. The monoisotopic (exact) mass is 204 g/mol. The topological polar surface area (TPSA) is 12.5 Å². The fourth-order valence-corrected chi connectivity index (χ4v) is 2.32. The third kappa shape index (κ3) is 1.59. The summed E-state index contributed by atoms with van der Waals surface area (Å²) in [5.41, 5.74) is 6.99. The standard InChI is InChI=1S/C14H20O/c1-8-7-9(2)11(4)12(10(8)3)13-14(5,6)15-13/h7,13H,1-6H3. The first-order chi connectivity index (χ1) is 6.84. The molecule has 0 radical (unpaired) electrons. The summed E-state index contributed by atoms with van der Waals surface area (Å²) < 4.78 is 5.76. The molecule has 1 aromatic rings. The average molecular weight is 204 g/mol. The molecular weight excluding hydrogens is 184 g/mol. The van der Waals surface area contributed by atoms with Gasteiger partial charge >= 0.3 is 0 Å². The van der Waals surface area contributed by atoms with Crippen molar-refractivity contribution in [3.8, 4) is 0 Å². The van der Waals surface area contributed by atoms with Gasteiger partial charge in [0, 0.05) is 0 Å². The smallest absolute Gasteiger partial charge is 0.112 e. The van der Waals surface area contributed by atoms with E-state index in [0.29, 0.717) is 6.10 Å². The van der Waals surface area contributed by atoms with Crippen molar-refractivity contribution in [1.29, 1.82) is 0 Å². The highest BCUT2D eigenvalue weighted by molar-refractivity contribution is 5.47. The van der Waals surface area contributed by atoms with Crippen molar-refractivity contribution in [2.75, 3.05) is 0 Å². The Bertz CT molecular complexity index is 390. The second-order valence-corrected chi connectivity index (χ2v) is 5.28. The van der Waals surface area contributed by atoms with E-state index in [4.69, 9.17) is 4.74 Å². The zero-order valence-electron chi connectivity index (χ0n) is 10.6. The van der Waals surface area contributed by atoms with Gasteiger partial charge in [-0.3, -0.25) is 0 Å². The lowest BCUT2D eigenvalue weighted by Gasteiger charge is -2.14. The Morgan fingerprint density at radius 3 is 1.73 bits per heavy atom. The Morgan fingerprint density at radius 2 is 1.40 bits per heavy atom. The van der Waals surface area contributed by atoms with E-state index in [1.807, 2.05) is 0 Å². The van der Waals surface area contributed by atoms with Crippen LogP contribution in [-0.2, 0) is 4.74 Å². The Morgan fingerprint density at radius 1 is 1.00 bits per heavy atom. The van der Waals surface area contributed by atoms with Crippen LogP contribution in [0, 0.1) is 27.7 Å². The summed E-state index contributed by atoms with van der Waals surface area (Å²) in [6.07, 6.45) is 0.302. The van der Waals surface area contributed by atoms with Crippen molar-refractivity contribution in [2.45, 2.75) is 53.2 Å². The van der Waals surface area contributed by atoms with Gasteiger partial charge in [0.25, 0.3) is 0 Å². The molecule has 15 heavy (non-hydrogen) atoms. The van der Waals surface area contributed by atoms with Gasteiger partial charge in [-0.1, -0.05) is 6.07 Å². The molecule has 0 aliphatic carbocycles. The van der Waals surface area contributed by atoms with Crippen molar-refractivity contribution >= 4 is 0 Å². The van der Waals surface area contributed by atoms with Gasteiger partial charge in [-0.2, -0.15) is 0 Å². The summed E-state index contributed by atoms with van der Waals surface area (Å²) in [4.78, 5) is 0. The summed E-state index contributed by atoms with van der Waals surface area (Å²) in [5, 5.41) is 0. The van der Waals surface area contributed by atoms with Gasteiger partial charge in [-0.15, -0.1) is 0 Å². The van der Waals surface area contributed by atoms with Crippen LogP contribution in [0.25, 0.3) is 0 Å². The highest BCUT2D eigenvalue weighted by Crippen LogP contribution is 2.51. The molecule has 1 unspecified atom stereocenters. The quantitative estimate of drug-likeness (QED) is 0.634. The Hall–Kier alpha value is -0.820. The van der Waals surface area contributed by atoms with E-state index in [-0.39, 0.29) is 5.60 Å². The molecule has 0 N–H and O–H groups in total. The van der Waals surface area contributed by atoms with Crippen LogP contribution in [0.4, 0.5) is 0 Å². The van der Waals surface area contributed by atoms with Crippen molar-refractivity contribution < 1.29 is 4.74 Å². The first-order valence-corrected chi connectivity index (χ1v) is 5.59. The van der Waals surface area contributed by atoms with Crippen LogP contribution in [0.3, 0.4) is 0 Å². The van der Waals surface area contributed by atoms with Crippen molar-refractivity contribution in [3.05, 3.63) is 33.9 Å². The molecule has 2 rings (SSSR count). The van der Waals surface area contributed by atoms with Crippen LogP contribution < -0.4 is 0 Å². The second-order valence-electron chi connectivity index (χ2n) is 5.28. The van der Waals surface area contributed by atoms with Gasteiger partial charge in [0.15, 0.2) is 0 Å². The maximum absolute atomic E-state index is 5.76.